The fraction of sp³-hybridized carbons (Fsp3) is 0.548. The minimum Gasteiger partial charge on any atom is -0.445 e. The van der Waals surface area contributed by atoms with Crippen molar-refractivity contribution in [1.82, 2.24) is 20.4 Å². The molecule has 3 N–H and O–H groups in total. The summed E-state index contributed by atoms with van der Waals surface area (Å²) in [7, 11) is -3.22. The molecule has 1 aromatic rings. The van der Waals surface area contributed by atoms with E-state index >= 15 is 0 Å². The zero-order chi connectivity index (χ0) is 34.4. The molecule has 2 rings (SSSR count). The first-order valence-corrected chi connectivity index (χ1v) is 17.3. The Balaban J connectivity index is 1.77. The number of anilines is 1. The smallest absolute Gasteiger partial charge is 0.410 e. The number of nitrogens with zero attached hydrogens (tertiary/aromatic N) is 2. The highest BCUT2D eigenvalue weighted by molar-refractivity contribution is 7.90. The number of benzene rings is 1. The number of hydrogen-bond acceptors (Lipinski definition) is 9. The van der Waals surface area contributed by atoms with E-state index in [1.165, 1.54) is 24.0 Å². The van der Waals surface area contributed by atoms with Crippen LogP contribution in [0.4, 0.5) is 10.5 Å². The Morgan fingerprint density at radius 2 is 1.54 bits per heavy atom. The van der Waals surface area contributed by atoms with Gasteiger partial charge in [-0.05, 0) is 50.3 Å². The second-order valence-corrected chi connectivity index (χ2v) is 13.7. The maximum absolute atomic E-state index is 12.9. The van der Waals surface area contributed by atoms with Crippen LogP contribution in [0.5, 0.6) is 0 Å². The van der Waals surface area contributed by atoms with E-state index in [-0.39, 0.29) is 55.5 Å². The van der Waals surface area contributed by atoms with Gasteiger partial charge in [-0.1, -0.05) is 32.4 Å². The summed E-state index contributed by atoms with van der Waals surface area (Å²) in [5.41, 5.74) is 1.10. The minimum absolute atomic E-state index is 0.0330. The maximum atomic E-state index is 12.9. The molecule has 1 heterocycles. The van der Waals surface area contributed by atoms with Crippen LogP contribution in [0.1, 0.15) is 58.9 Å². The number of rotatable bonds is 18. The van der Waals surface area contributed by atoms with Crippen LogP contribution in [-0.2, 0) is 45.2 Å². The van der Waals surface area contributed by atoms with Gasteiger partial charge in [0.05, 0.1) is 5.75 Å². The summed E-state index contributed by atoms with van der Waals surface area (Å²) in [5, 5.41) is 8.08. The Labute approximate surface area is 270 Å². The summed E-state index contributed by atoms with van der Waals surface area (Å²) in [4.78, 5) is 76.2. The van der Waals surface area contributed by atoms with Crippen molar-refractivity contribution in [3.05, 3.63) is 42.0 Å². The number of nitrogens with one attached hydrogen (secondary N) is 3. The van der Waals surface area contributed by atoms with Crippen molar-refractivity contribution in [2.75, 3.05) is 37.0 Å². The van der Waals surface area contributed by atoms with Crippen LogP contribution in [-0.4, -0.2) is 97.6 Å². The number of amides is 6. The lowest BCUT2D eigenvalue weighted by Crippen LogP contribution is -2.53. The summed E-state index contributed by atoms with van der Waals surface area (Å²) in [6.45, 7) is 7.38. The zero-order valence-corrected chi connectivity index (χ0v) is 27.9. The van der Waals surface area contributed by atoms with Gasteiger partial charge in [-0.2, -0.15) is 0 Å². The van der Waals surface area contributed by atoms with Crippen molar-refractivity contribution in [2.24, 2.45) is 5.92 Å². The minimum atomic E-state index is -3.22. The summed E-state index contributed by atoms with van der Waals surface area (Å²) >= 11 is 0. The molecule has 6 amide bonds. The lowest BCUT2D eigenvalue weighted by molar-refractivity contribution is -0.137. The summed E-state index contributed by atoms with van der Waals surface area (Å²) in [6.07, 6.45) is 4.80. The van der Waals surface area contributed by atoms with E-state index in [1.54, 1.807) is 45.0 Å². The average Bonchev–Trinajstić information content (AvgIpc) is 3.31. The van der Waals surface area contributed by atoms with Crippen molar-refractivity contribution >= 4 is 51.2 Å². The van der Waals surface area contributed by atoms with E-state index in [2.05, 4.69) is 16.0 Å². The molecule has 1 aliphatic rings. The second-order valence-electron chi connectivity index (χ2n) is 11.4. The molecule has 46 heavy (non-hydrogen) atoms. The summed E-state index contributed by atoms with van der Waals surface area (Å²) in [5.74, 6) is -2.38. The maximum Gasteiger partial charge on any atom is 0.410 e. The van der Waals surface area contributed by atoms with Gasteiger partial charge >= 0.3 is 6.09 Å². The van der Waals surface area contributed by atoms with Crippen molar-refractivity contribution < 1.29 is 41.9 Å². The van der Waals surface area contributed by atoms with Gasteiger partial charge in [-0.15, -0.1) is 0 Å². The Hall–Kier alpha value is -4.27. The number of carbonyl (C=O) groups excluding carboxylic acids is 6. The first-order chi connectivity index (χ1) is 21.6. The highest BCUT2D eigenvalue weighted by Gasteiger charge is 2.27. The van der Waals surface area contributed by atoms with Crippen molar-refractivity contribution in [3.63, 3.8) is 0 Å². The first-order valence-electron chi connectivity index (χ1n) is 15.2. The van der Waals surface area contributed by atoms with Crippen LogP contribution in [0, 0.1) is 5.92 Å². The molecular formula is C31H45N5O9S. The lowest BCUT2D eigenvalue weighted by Gasteiger charge is -2.24. The summed E-state index contributed by atoms with van der Waals surface area (Å²) < 4.78 is 28.0. The van der Waals surface area contributed by atoms with Crippen LogP contribution < -0.4 is 16.0 Å². The van der Waals surface area contributed by atoms with Crippen LogP contribution >= 0.6 is 0 Å². The van der Waals surface area contributed by atoms with Gasteiger partial charge in [0.25, 0.3) is 11.8 Å². The van der Waals surface area contributed by atoms with Gasteiger partial charge in [0.1, 0.15) is 28.5 Å². The molecule has 1 aromatic carbocycles. The number of sulfone groups is 1. The number of imide groups is 1. The third-order valence-electron chi connectivity index (χ3n) is 7.16. The number of hydrogen-bond donors (Lipinski definition) is 3. The SMILES string of the molecule is CCN(CCS(C)(=O)=O)C(=O)OCc1ccc(NC(=O)[C@H](C)NC(=O)C(NC(=O)CCCCCN2C(=O)C=CC2=O)C(C)C)cc1. The zero-order valence-electron chi connectivity index (χ0n) is 27.0. The van der Waals surface area contributed by atoms with Gasteiger partial charge in [-0.3, -0.25) is 28.9 Å². The van der Waals surface area contributed by atoms with Gasteiger partial charge < -0.3 is 25.6 Å². The van der Waals surface area contributed by atoms with Crippen molar-refractivity contribution in [3.8, 4) is 0 Å². The quantitative estimate of drug-likeness (QED) is 0.155. The second kappa shape index (κ2) is 18.0. The van der Waals surface area contributed by atoms with Crippen LogP contribution in [0.3, 0.4) is 0 Å². The van der Waals surface area contributed by atoms with Gasteiger partial charge in [-0.25, -0.2) is 13.2 Å². The fourth-order valence-corrected chi connectivity index (χ4v) is 4.91. The Bertz CT molecular complexity index is 1380. The Kier molecular flexibility index (Phi) is 14.9. The normalized spacial score (nSPS) is 14.2. The third kappa shape index (κ3) is 13.0. The molecule has 254 valence electrons. The van der Waals surface area contributed by atoms with Crippen LogP contribution in [0.25, 0.3) is 0 Å². The molecule has 2 atom stereocenters. The van der Waals surface area contributed by atoms with E-state index in [0.29, 0.717) is 37.1 Å². The molecule has 0 fully saturated rings. The Morgan fingerprint density at radius 1 is 0.913 bits per heavy atom. The number of ether oxygens (including phenoxy) is 1. The molecular weight excluding hydrogens is 618 g/mol. The molecule has 15 heteroatoms. The predicted octanol–water partition coefficient (Wildman–Crippen LogP) is 1.76. The highest BCUT2D eigenvalue weighted by Crippen LogP contribution is 2.13. The largest absolute Gasteiger partial charge is 0.445 e. The topological polar surface area (TPSA) is 188 Å². The molecule has 0 bridgehead atoms. The van der Waals surface area contributed by atoms with Crippen molar-refractivity contribution in [2.45, 2.75) is 72.1 Å². The highest BCUT2D eigenvalue weighted by atomic mass is 32.2. The van der Waals surface area contributed by atoms with Crippen molar-refractivity contribution in [1.29, 1.82) is 0 Å². The molecule has 1 aliphatic heterocycles. The van der Waals surface area contributed by atoms with E-state index < -0.39 is 39.8 Å². The van der Waals surface area contributed by atoms with Crippen LogP contribution in [0.2, 0.25) is 0 Å². The molecule has 0 aliphatic carbocycles. The lowest BCUT2D eigenvalue weighted by atomic mass is 10.0. The molecule has 0 saturated heterocycles. The van der Waals surface area contributed by atoms with E-state index in [9.17, 15) is 37.2 Å². The van der Waals surface area contributed by atoms with Gasteiger partial charge in [0.15, 0.2) is 0 Å². The number of unbranched alkanes of at least 4 members (excludes halogenated alkanes) is 2. The molecule has 0 aromatic heterocycles. The third-order valence-corrected chi connectivity index (χ3v) is 8.08. The average molecular weight is 664 g/mol. The number of carbonyl (C=O) groups is 6. The van der Waals surface area contributed by atoms with Gasteiger partial charge in [0.2, 0.25) is 17.7 Å². The molecule has 1 unspecified atom stereocenters. The van der Waals surface area contributed by atoms with Crippen LogP contribution in [0.15, 0.2) is 36.4 Å². The van der Waals surface area contributed by atoms with E-state index in [1.807, 2.05) is 0 Å². The van der Waals surface area contributed by atoms with E-state index in [0.717, 1.165) is 11.2 Å². The van der Waals surface area contributed by atoms with Gasteiger partial charge in [0, 0.05) is 50.2 Å². The standard InChI is InChI=1S/C31H45N5O9S/c1-6-35(18-19-46(5,43)44)31(42)45-20-23-11-13-24(14-12-23)33-29(40)22(4)32-30(41)28(21(2)3)34-25(37)10-8-7-9-17-36-26(38)15-16-27(36)39/h11-16,21-22,28H,6-10,17-20H2,1-5H3,(H,32,41)(H,33,40)(H,34,37)/t22-,28?/m0/s1. The molecule has 0 spiro atoms. The molecule has 0 saturated carbocycles. The Morgan fingerprint density at radius 3 is 2.11 bits per heavy atom. The first kappa shape index (κ1) is 37.9. The molecule has 0 radical (unpaired) electrons. The predicted molar refractivity (Wildman–Crippen MR) is 171 cm³/mol. The fourth-order valence-electron chi connectivity index (χ4n) is 4.36. The monoisotopic (exact) mass is 663 g/mol. The summed E-state index contributed by atoms with van der Waals surface area (Å²) in [6, 6.07) is 4.78. The van der Waals surface area contributed by atoms with E-state index in [4.69, 9.17) is 4.74 Å². The molecule has 14 nitrogen and oxygen atoms in total.